The molecule has 0 radical (unpaired) electrons. The first-order valence-electron chi connectivity index (χ1n) is 6.18. The lowest BCUT2D eigenvalue weighted by Gasteiger charge is -2.13. The Balaban J connectivity index is 2.13. The van der Waals surface area contributed by atoms with Gasteiger partial charge in [-0.1, -0.05) is 0 Å². The molecule has 0 fully saturated rings. The zero-order valence-electron chi connectivity index (χ0n) is 11.6. The van der Waals surface area contributed by atoms with E-state index in [1.807, 2.05) is 6.92 Å². The number of amides is 1. The van der Waals surface area contributed by atoms with Gasteiger partial charge in [-0.05, 0) is 25.1 Å². The molecule has 2 aromatic rings. The molecule has 1 aromatic carbocycles. The van der Waals surface area contributed by atoms with Gasteiger partial charge < -0.3 is 19.8 Å². The van der Waals surface area contributed by atoms with Crippen molar-refractivity contribution in [3.63, 3.8) is 0 Å². The van der Waals surface area contributed by atoms with Crippen LogP contribution in [0.4, 0.5) is 0 Å². The smallest absolute Gasteiger partial charge is 0.251 e. The summed E-state index contributed by atoms with van der Waals surface area (Å²) < 4.78 is 10.3. The summed E-state index contributed by atoms with van der Waals surface area (Å²) in [6, 6.07) is 4.82. The number of carbonyl (C=O) groups excluding carboxylic acids is 1. The number of H-pyrrole nitrogens is 1. The quantitative estimate of drug-likeness (QED) is 0.874. The van der Waals surface area contributed by atoms with Crippen molar-refractivity contribution in [2.24, 2.45) is 0 Å². The normalized spacial score (nSPS) is 11.8. The highest BCUT2D eigenvalue weighted by molar-refractivity contribution is 5.95. The molecular weight excluding hydrogens is 258 g/mol. The molecule has 20 heavy (non-hydrogen) atoms. The maximum absolute atomic E-state index is 12.2. The molecule has 0 saturated carbocycles. The van der Waals surface area contributed by atoms with Crippen molar-refractivity contribution < 1.29 is 14.3 Å². The second-order valence-corrected chi connectivity index (χ2v) is 4.24. The summed E-state index contributed by atoms with van der Waals surface area (Å²) in [4.78, 5) is 19.2. The molecule has 0 aliphatic carbocycles. The molecule has 0 aliphatic rings. The van der Waals surface area contributed by atoms with Crippen molar-refractivity contribution in [2.75, 3.05) is 14.2 Å². The van der Waals surface area contributed by atoms with E-state index in [1.165, 1.54) is 7.11 Å². The third kappa shape index (κ3) is 2.90. The maximum Gasteiger partial charge on any atom is 0.251 e. The van der Waals surface area contributed by atoms with E-state index in [9.17, 15) is 4.79 Å². The van der Waals surface area contributed by atoms with Crippen LogP contribution in [0.15, 0.2) is 30.6 Å². The fraction of sp³-hybridized carbons (Fsp3) is 0.286. The summed E-state index contributed by atoms with van der Waals surface area (Å²) in [7, 11) is 3.08. The zero-order valence-corrected chi connectivity index (χ0v) is 11.6. The molecule has 2 N–H and O–H groups in total. The SMILES string of the molecule is COc1ccc(C(=O)NC(C)c2ncc[nH]2)cc1OC. The van der Waals surface area contributed by atoms with Crippen LogP contribution in [0.5, 0.6) is 11.5 Å². The Labute approximate surface area is 117 Å². The number of nitrogens with zero attached hydrogens (tertiary/aromatic N) is 1. The number of methoxy groups -OCH3 is 2. The van der Waals surface area contributed by atoms with Crippen LogP contribution < -0.4 is 14.8 Å². The van der Waals surface area contributed by atoms with Crippen LogP contribution in [-0.2, 0) is 0 Å². The monoisotopic (exact) mass is 275 g/mol. The van der Waals surface area contributed by atoms with Crippen molar-refractivity contribution in [3.8, 4) is 11.5 Å². The molecule has 6 heteroatoms. The van der Waals surface area contributed by atoms with Gasteiger partial charge in [0, 0.05) is 18.0 Å². The van der Waals surface area contributed by atoms with E-state index >= 15 is 0 Å². The van der Waals surface area contributed by atoms with Crippen molar-refractivity contribution in [3.05, 3.63) is 42.0 Å². The first kappa shape index (κ1) is 13.9. The van der Waals surface area contributed by atoms with Crippen LogP contribution >= 0.6 is 0 Å². The number of nitrogens with one attached hydrogen (secondary N) is 2. The number of carbonyl (C=O) groups is 1. The van der Waals surface area contributed by atoms with E-state index in [0.717, 1.165) is 0 Å². The average Bonchev–Trinajstić information content (AvgIpc) is 3.00. The summed E-state index contributed by atoms with van der Waals surface area (Å²) in [5, 5.41) is 2.86. The Kier molecular flexibility index (Phi) is 4.24. The fourth-order valence-electron chi connectivity index (χ4n) is 1.84. The van der Waals surface area contributed by atoms with Crippen LogP contribution in [0.25, 0.3) is 0 Å². The number of benzene rings is 1. The molecule has 106 valence electrons. The zero-order chi connectivity index (χ0) is 14.5. The summed E-state index contributed by atoms with van der Waals surface area (Å²) >= 11 is 0. The standard InChI is InChI=1S/C14H17N3O3/c1-9(13-15-6-7-16-13)17-14(18)10-4-5-11(19-2)12(8-10)20-3/h4-9H,1-3H3,(H,15,16)(H,17,18). The first-order chi connectivity index (χ1) is 9.65. The van der Waals surface area contributed by atoms with Crippen LogP contribution in [0.3, 0.4) is 0 Å². The number of rotatable bonds is 5. The summed E-state index contributed by atoms with van der Waals surface area (Å²) in [5.41, 5.74) is 0.501. The second kappa shape index (κ2) is 6.10. The molecule has 6 nitrogen and oxygen atoms in total. The van der Waals surface area contributed by atoms with Crippen LogP contribution in [-0.4, -0.2) is 30.1 Å². The van der Waals surface area contributed by atoms with Gasteiger partial charge in [-0.25, -0.2) is 4.98 Å². The van der Waals surface area contributed by atoms with E-state index in [2.05, 4.69) is 15.3 Å². The van der Waals surface area contributed by atoms with Gasteiger partial charge in [-0.15, -0.1) is 0 Å². The number of aromatic nitrogens is 2. The minimum atomic E-state index is -0.203. The van der Waals surface area contributed by atoms with Crippen LogP contribution in [0.2, 0.25) is 0 Å². The highest BCUT2D eigenvalue weighted by atomic mass is 16.5. The number of aromatic amines is 1. The van der Waals surface area contributed by atoms with Crippen LogP contribution in [0, 0.1) is 0 Å². The van der Waals surface area contributed by atoms with Gasteiger partial charge in [-0.3, -0.25) is 4.79 Å². The first-order valence-corrected chi connectivity index (χ1v) is 6.18. The number of hydrogen-bond donors (Lipinski definition) is 2. The Bertz CT molecular complexity index is 581. The number of hydrogen-bond acceptors (Lipinski definition) is 4. The Morgan fingerprint density at radius 1 is 1.30 bits per heavy atom. The van der Waals surface area contributed by atoms with E-state index in [0.29, 0.717) is 22.9 Å². The van der Waals surface area contributed by atoms with E-state index in [-0.39, 0.29) is 11.9 Å². The Morgan fingerprint density at radius 2 is 2.05 bits per heavy atom. The maximum atomic E-state index is 12.2. The predicted octanol–water partition coefficient (Wildman–Crippen LogP) is 1.92. The lowest BCUT2D eigenvalue weighted by atomic mass is 10.1. The van der Waals surface area contributed by atoms with E-state index in [4.69, 9.17) is 9.47 Å². The van der Waals surface area contributed by atoms with Gasteiger partial charge in [0.05, 0.1) is 20.3 Å². The minimum Gasteiger partial charge on any atom is -0.493 e. The molecule has 1 atom stereocenters. The molecule has 1 aromatic heterocycles. The second-order valence-electron chi connectivity index (χ2n) is 4.24. The van der Waals surface area contributed by atoms with Crippen molar-refractivity contribution >= 4 is 5.91 Å². The number of ether oxygens (including phenoxy) is 2. The van der Waals surface area contributed by atoms with Gasteiger partial charge in [0.15, 0.2) is 11.5 Å². The van der Waals surface area contributed by atoms with Crippen molar-refractivity contribution in [1.82, 2.24) is 15.3 Å². The molecule has 0 spiro atoms. The molecular formula is C14H17N3O3. The molecule has 0 bridgehead atoms. The lowest BCUT2D eigenvalue weighted by Crippen LogP contribution is -2.27. The summed E-state index contributed by atoms with van der Waals surface area (Å²) in [6.45, 7) is 1.86. The summed E-state index contributed by atoms with van der Waals surface area (Å²) in [6.07, 6.45) is 3.36. The lowest BCUT2D eigenvalue weighted by molar-refractivity contribution is 0.0938. The molecule has 0 aliphatic heterocycles. The van der Waals surface area contributed by atoms with Gasteiger partial charge in [0.2, 0.25) is 0 Å². The Hall–Kier alpha value is -2.50. The topological polar surface area (TPSA) is 76.2 Å². The molecule has 1 unspecified atom stereocenters. The van der Waals surface area contributed by atoms with Gasteiger partial charge >= 0.3 is 0 Å². The summed E-state index contributed by atoms with van der Waals surface area (Å²) in [5.74, 6) is 1.61. The highest BCUT2D eigenvalue weighted by Gasteiger charge is 2.15. The molecule has 2 rings (SSSR count). The molecule has 0 saturated heterocycles. The fourth-order valence-corrected chi connectivity index (χ4v) is 1.84. The van der Waals surface area contributed by atoms with Crippen molar-refractivity contribution in [1.29, 1.82) is 0 Å². The Morgan fingerprint density at radius 3 is 2.65 bits per heavy atom. The van der Waals surface area contributed by atoms with E-state index in [1.54, 1.807) is 37.7 Å². The van der Waals surface area contributed by atoms with Gasteiger partial charge in [0.25, 0.3) is 5.91 Å². The van der Waals surface area contributed by atoms with Crippen LogP contribution in [0.1, 0.15) is 29.1 Å². The van der Waals surface area contributed by atoms with Gasteiger partial charge in [0.1, 0.15) is 5.82 Å². The van der Waals surface area contributed by atoms with Gasteiger partial charge in [-0.2, -0.15) is 0 Å². The van der Waals surface area contributed by atoms with Crippen molar-refractivity contribution in [2.45, 2.75) is 13.0 Å². The third-order valence-corrected chi connectivity index (χ3v) is 2.92. The predicted molar refractivity (Wildman–Crippen MR) is 74.0 cm³/mol. The molecule has 1 heterocycles. The highest BCUT2D eigenvalue weighted by Crippen LogP contribution is 2.27. The largest absolute Gasteiger partial charge is 0.493 e. The minimum absolute atomic E-state index is 0.199. The third-order valence-electron chi connectivity index (χ3n) is 2.92. The molecule has 1 amide bonds. The number of imidazole rings is 1. The average molecular weight is 275 g/mol. The van der Waals surface area contributed by atoms with E-state index < -0.39 is 0 Å².